The molecule has 0 aliphatic heterocycles. The Morgan fingerprint density at radius 3 is 2.84 bits per heavy atom. The molecule has 0 radical (unpaired) electrons. The third kappa shape index (κ3) is 3.88. The average molecular weight is 257 g/mol. The van der Waals surface area contributed by atoms with E-state index in [-0.39, 0.29) is 0 Å². The molecule has 0 amide bonds. The Morgan fingerprint density at radius 2 is 2.11 bits per heavy atom. The Balaban J connectivity index is 1.79. The van der Waals surface area contributed by atoms with Gasteiger partial charge in [0.05, 0.1) is 18.4 Å². The van der Waals surface area contributed by atoms with Crippen LogP contribution < -0.4 is 15.8 Å². The lowest BCUT2D eigenvalue weighted by Crippen LogP contribution is -2.12. The summed E-state index contributed by atoms with van der Waals surface area (Å²) in [5, 5.41) is 3.21. The second kappa shape index (κ2) is 6.09. The van der Waals surface area contributed by atoms with Gasteiger partial charge in [0.15, 0.2) is 0 Å². The number of anilines is 2. The molecular weight excluding hydrogens is 238 g/mol. The molecule has 1 aromatic carbocycles. The summed E-state index contributed by atoms with van der Waals surface area (Å²) in [7, 11) is 0. The summed E-state index contributed by atoms with van der Waals surface area (Å²) in [5.41, 5.74) is 8.65. The van der Waals surface area contributed by atoms with Crippen molar-refractivity contribution in [3.8, 4) is 5.75 Å². The monoisotopic (exact) mass is 257 g/mol. The molecule has 0 aliphatic rings. The molecule has 19 heavy (non-hydrogen) atoms. The Bertz CT molecular complexity index is 555. The zero-order valence-corrected chi connectivity index (χ0v) is 11.3. The summed E-state index contributed by atoms with van der Waals surface area (Å²) >= 11 is 0. The minimum Gasteiger partial charge on any atom is -0.492 e. The van der Waals surface area contributed by atoms with Crippen molar-refractivity contribution in [1.82, 2.24) is 4.98 Å². The highest BCUT2D eigenvalue weighted by atomic mass is 16.5. The van der Waals surface area contributed by atoms with E-state index >= 15 is 0 Å². The van der Waals surface area contributed by atoms with Gasteiger partial charge in [-0.1, -0.05) is 12.1 Å². The zero-order chi connectivity index (χ0) is 13.7. The largest absolute Gasteiger partial charge is 0.492 e. The lowest BCUT2D eigenvalue weighted by Gasteiger charge is -2.09. The molecule has 0 saturated heterocycles. The van der Waals surface area contributed by atoms with Crippen LogP contribution in [0.2, 0.25) is 0 Å². The van der Waals surface area contributed by atoms with Crippen LogP contribution in [-0.4, -0.2) is 18.1 Å². The minimum absolute atomic E-state index is 0.592. The van der Waals surface area contributed by atoms with E-state index in [0.29, 0.717) is 18.8 Å². The van der Waals surface area contributed by atoms with Crippen molar-refractivity contribution < 1.29 is 4.74 Å². The van der Waals surface area contributed by atoms with Crippen LogP contribution in [0.25, 0.3) is 0 Å². The van der Waals surface area contributed by atoms with Gasteiger partial charge in [0.1, 0.15) is 18.2 Å². The topological polar surface area (TPSA) is 60.2 Å². The van der Waals surface area contributed by atoms with Gasteiger partial charge < -0.3 is 15.8 Å². The van der Waals surface area contributed by atoms with Gasteiger partial charge >= 0.3 is 0 Å². The first-order valence-corrected chi connectivity index (χ1v) is 6.30. The first-order chi connectivity index (χ1) is 9.15. The molecule has 2 rings (SSSR count). The van der Waals surface area contributed by atoms with E-state index in [1.165, 1.54) is 5.56 Å². The van der Waals surface area contributed by atoms with E-state index in [2.05, 4.69) is 10.3 Å². The number of pyridine rings is 1. The van der Waals surface area contributed by atoms with E-state index in [0.717, 1.165) is 17.1 Å². The second-order valence-corrected chi connectivity index (χ2v) is 4.52. The third-order valence-electron chi connectivity index (χ3n) is 2.82. The van der Waals surface area contributed by atoms with E-state index in [4.69, 9.17) is 10.5 Å². The number of nitrogens with zero attached hydrogens (tertiary/aromatic N) is 1. The number of aromatic nitrogens is 1. The highest BCUT2D eigenvalue weighted by Crippen LogP contribution is 2.14. The molecule has 4 heteroatoms. The molecule has 0 spiro atoms. The minimum atomic E-state index is 0.592. The molecule has 1 aromatic heterocycles. The molecule has 0 unspecified atom stereocenters. The smallest absolute Gasteiger partial charge is 0.126 e. The summed E-state index contributed by atoms with van der Waals surface area (Å²) in [6.07, 6.45) is 1.67. The van der Waals surface area contributed by atoms with Crippen LogP contribution in [0.1, 0.15) is 11.1 Å². The maximum Gasteiger partial charge on any atom is 0.126 e. The molecule has 0 aliphatic carbocycles. The van der Waals surface area contributed by atoms with Crippen molar-refractivity contribution in [2.24, 2.45) is 0 Å². The van der Waals surface area contributed by atoms with Crippen molar-refractivity contribution in [1.29, 1.82) is 0 Å². The number of nitrogens with one attached hydrogen (secondary N) is 1. The third-order valence-corrected chi connectivity index (χ3v) is 2.82. The molecule has 3 N–H and O–H groups in total. The zero-order valence-electron chi connectivity index (χ0n) is 11.3. The van der Waals surface area contributed by atoms with Crippen molar-refractivity contribution in [3.63, 3.8) is 0 Å². The molecule has 0 fully saturated rings. The van der Waals surface area contributed by atoms with Crippen LogP contribution in [0.5, 0.6) is 5.75 Å². The van der Waals surface area contributed by atoms with Gasteiger partial charge in [-0.3, -0.25) is 0 Å². The summed E-state index contributed by atoms with van der Waals surface area (Å²) in [6, 6.07) is 9.95. The van der Waals surface area contributed by atoms with Crippen molar-refractivity contribution in [2.45, 2.75) is 13.8 Å². The molecule has 4 nitrogen and oxygen atoms in total. The summed E-state index contributed by atoms with van der Waals surface area (Å²) < 4.78 is 5.65. The van der Waals surface area contributed by atoms with E-state index < -0.39 is 0 Å². The Labute approximate surface area is 113 Å². The van der Waals surface area contributed by atoms with Gasteiger partial charge in [-0.2, -0.15) is 0 Å². The van der Waals surface area contributed by atoms with E-state index in [9.17, 15) is 0 Å². The predicted molar refractivity (Wildman–Crippen MR) is 78.6 cm³/mol. The summed E-state index contributed by atoms with van der Waals surface area (Å²) in [4.78, 5) is 4.21. The maximum absolute atomic E-state index is 5.72. The lowest BCUT2D eigenvalue weighted by atomic mass is 10.2. The number of benzene rings is 1. The second-order valence-electron chi connectivity index (χ2n) is 4.52. The lowest BCUT2D eigenvalue weighted by molar-refractivity contribution is 0.332. The predicted octanol–water partition coefficient (Wildman–Crippen LogP) is 2.77. The summed E-state index contributed by atoms with van der Waals surface area (Å²) in [5.74, 6) is 1.71. The molecule has 0 atom stereocenters. The number of ether oxygens (including phenoxy) is 1. The molecule has 1 heterocycles. The van der Waals surface area contributed by atoms with Gasteiger partial charge in [0, 0.05) is 0 Å². The quantitative estimate of drug-likeness (QED) is 0.809. The number of hydrogen-bond donors (Lipinski definition) is 2. The fraction of sp³-hybridized carbons (Fsp3) is 0.267. The van der Waals surface area contributed by atoms with Gasteiger partial charge in [0.2, 0.25) is 0 Å². The SMILES string of the molecule is Cc1cccc(OCCNc2cc(C)c(N)cn2)c1. The molecule has 0 saturated carbocycles. The van der Waals surface area contributed by atoms with Crippen LogP contribution in [0, 0.1) is 13.8 Å². The van der Waals surface area contributed by atoms with E-state index in [1.807, 2.05) is 44.2 Å². The normalized spacial score (nSPS) is 10.2. The van der Waals surface area contributed by atoms with Crippen LogP contribution in [0.15, 0.2) is 36.5 Å². The molecular formula is C15H19N3O. The first kappa shape index (κ1) is 13.2. The van der Waals surface area contributed by atoms with Crippen LogP contribution in [0.3, 0.4) is 0 Å². The van der Waals surface area contributed by atoms with Crippen molar-refractivity contribution in [3.05, 3.63) is 47.7 Å². The number of aryl methyl sites for hydroxylation is 2. The van der Waals surface area contributed by atoms with Crippen molar-refractivity contribution in [2.75, 3.05) is 24.2 Å². The number of hydrogen-bond acceptors (Lipinski definition) is 4. The average Bonchev–Trinajstić information content (AvgIpc) is 2.39. The Hall–Kier alpha value is -2.23. The van der Waals surface area contributed by atoms with Gasteiger partial charge in [-0.25, -0.2) is 4.98 Å². The molecule has 2 aromatic rings. The van der Waals surface area contributed by atoms with Gasteiger partial charge in [-0.05, 0) is 43.2 Å². The Kier molecular flexibility index (Phi) is 4.23. The van der Waals surface area contributed by atoms with Crippen molar-refractivity contribution >= 4 is 11.5 Å². The fourth-order valence-electron chi connectivity index (χ4n) is 1.72. The summed E-state index contributed by atoms with van der Waals surface area (Å²) in [6.45, 7) is 5.30. The van der Waals surface area contributed by atoms with E-state index in [1.54, 1.807) is 6.20 Å². The van der Waals surface area contributed by atoms with Gasteiger partial charge in [-0.15, -0.1) is 0 Å². The fourth-order valence-corrected chi connectivity index (χ4v) is 1.72. The highest BCUT2D eigenvalue weighted by Gasteiger charge is 1.98. The maximum atomic E-state index is 5.72. The van der Waals surface area contributed by atoms with Crippen LogP contribution in [-0.2, 0) is 0 Å². The van der Waals surface area contributed by atoms with Gasteiger partial charge in [0.25, 0.3) is 0 Å². The highest BCUT2D eigenvalue weighted by molar-refractivity contribution is 5.50. The number of nitrogen functional groups attached to an aromatic ring is 1. The van der Waals surface area contributed by atoms with Crippen LogP contribution in [0.4, 0.5) is 11.5 Å². The molecule has 0 bridgehead atoms. The van der Waals surface area contributed by atoms with Crippen LogP contribution >= 0.6 is 0 Å². The first-order valence-electron chi connectivity index (χ1n) is 6.30. The standard InChI is InChI=1S/C15H19N3O/c1-11-4-3-5-13(8-11)19-7-6-17-15-9-12(2)14(16)10-18-15/h3-5,8-10H,6-7,16H2,1-2H3,(H,17,18). The number of nitrogens with two attached hydrogens (primary N) is 1. The number of rotatable bonds is 5. The Morgan fingerprint density at radius 1 is 1.26 bits per heavy atom. The molecule has 100 valence electrons.